The third kappa shape index (κ3) is 7.80. The number of methoxy groups -OCH3 is 2. The molecule has 0 spiro atoms. The average molecular weight is 498 g/mol. The van der Waals surface area contributed by atoms with Crippen LogP contribution in [0, 0.1) is 0 Å². The molecule has 0 aliphatic rings. The van der Waals surface area contributed by atoms with E-state index < -0.39 is 6.10 Å². The van der Waals surface area contributed by atoms with E-state index >= 15 is 0 Å². The molecular weight excluding hydrogens is 458 g/mol. The SMILES string of the molecule is CCCCOC[C@@H](O)CN(CCOC)Cc1c(-c2ccccc2)nn(C)c1Oc1ccccc1OC. The molecular formula is C28H39N3O5. The van der Waals surface area contributed by atoms with Gasteiger partial charge in [0.15, 0.2) is 11.5 Å². The molecule has 0 amide bonds. The molecule has 1 atom stereocenters. The fourth-order valence-electron chi connectivity index (χ4n) is 3.95. The smallest absolute Gasteiger partial charge is 0.222 e. The van der Waals surface area contributed by atoms with E-state index in [9.17, 15) is 5.11 Å². The van der Waals surface area contributed by atoms with Crippen molar-refractivity contribution in [3.05, 3.63) is 60.2 Å². The lowest BCUT2D eigenvalue weighted by molar-refractivity contribution is 0.0101. The highest BCUT2D eigenvalue weighted by Crippen LogP contribution is 2.37. The molecule has 0 saturated heterocycles. The summed E-state index contributed by atoms with van der Waals surface area (Å²) in [6.45, 7) is 5.20. The summed E-state index contributed by atoms with van der Waals surface area (Å²) in [6, 6.07) is 17.6. The summed E-state index contributed by atoms with van der Waals surface area (Å²) in [5, 5.41) is 15.5. The van der Waals surface area contributed by atoms with E-state index in [0.29, 0.717) is 56.8 Å². The summed E-state index contributed by atoms with van der Waals surface area (Å²) in [5.41, 5.74) is 2.75. The van der Waals surface area contributed by atoms with Gasteiger partial charge in [-0.05, 0) is 18.6 Å². The summed E-state index contributed by atoms with van der Waals surface area (Å²) in [5.74, 6) is 1.87. The van der Waals surface area contributed by atoms with Gasteiger partial charge in [0.25, 0.3) is 0 Å². The first kappa shape index (κ1) is 27.7. The summed E-state index contributed by atoms with van der Waals surface area (Å²) < 4.78 is 24.7. The number of aliphatic hydroxyl groups excluding tert-OH is 1. The number of unbranched alkanes of at least 4 members (excludes halogenated alkanes) is 1. The van der Waals surface area contributed by atoms with Crippen LogP contribution in [0.2, 0.25) is 0 Å². The van der Waals surface area contributed by atoms with Crippen molar-refractivity contribution in [1.82, 2.24) is 14.7 Å². The maximum absolute atomic E-state index is 10.7. The van der Waals surface area contributed by atoms with Crippen molar-refractivity contribution in [3.63, 3.8) is 0 Å². The Balaban J connectivity index is 1.92. The molecule has 196 valence electrons. The number of ether oxygens (including phenoxy) is 4. The Morgan fingerprint density at radius 2 is 1.72 bits per heavy atom. The molecule has 0 saturated carbocycles. The highest BCUT2D eigenvalue weighted by atomic mass is 16.5. The number of benzene rings is 2. The molecule has 0 fully saturated rings. The van der Waals surface area contributed by atoms with Crippen LogP contribution in [0.25, 0.3) is 11.3 Å². The van der Waals surface area contributed by atoms with Crippen molar-refractivity contribution in [3.8, 4) is 28.6 Å². The molecule has 8 nitrogen and oxygen atoms in total. The lowest BCUT2D eigenvalue weighted by Gasteiger charge is -2.25. The van der Waals surface area contributed by atoms with E-state index in [-0.39, 0.29) is 0 Å². The Labute approximate surface area is 214 Å². The van der Waals surface area contributed by atoms with Crippen molar-refractivity contribution in [2.45, 2.75) is 32.4 Å². The molecule has 0 radical (unpaired) electrons. The van der Waals surface area contributed by atoms with Gasteiger partial charge in [0.1, 0.15) is 5.69 Å². The van der Waals surface area contributed by atoms with E-state index in [1.807, 2.05) is 61.6 Å². The van der Waals surface area contributed by atoms with Crippen molar-refractivity contribution >= 4 is 0 Å². The zero-order chi connectivity index (χ0) is 25.8. The Bertz CT molecular complexity index is 1040. The minimum atomic E-state index is -0.617. The Kier molecular flexibility index (Phi) is 11.2. The molecule has 0 bridgehead atoms. The van der Waals surface area contributed by atoms with Crippen LogP contribution in [0.5, 0.6) is 17.4 Å². The number of aliphatic hydroxyl groups is 1. The van der Waals surface area contributed by atoms with Crippen molar-refractivity contribution in [1.29, 1.82) is 0 Å². The highest BCUT2D eigenvalue weighted by molar-refractivity contribution is 5.66. The van der Waals surface area contributed by atoms with Gasteiger partial charge in [-0.25, -0.2) is 4.68 Å². The zero-order valence-corrected chi connectivity index (χ0v) is 21.9. The number of aryl methyl sites for hydroxylation is 1. The van der Waals surface area contributed by atoms with Crippen molar-refractivity contribution in [2.75, 3.05) is 47.1 Å². The van der Waals surface area contributed by atoms with Gasteiger partial charge in [-0.2, -0.15) is 5.10 Å². The molecule has 1 aromatic heterocycles. The number of rotatable bonds is 16. The molecule has 0 aliphatic heterocycles. The first-order valence-corrected chi connectivity index (χ1v) is 12.5. The highest BCUT2D eigenvalue weighted by Gasteiger charge is 2.24. The molecule has 3 aromatic rings. The number of aromatic nitrogens is 2. The lowest BCUT2D eigenvalue weighted by Crippen LogP contribution is -2.36. The van der Waals surface area contributed by atoms with Crippen LogP contribution in [0.15, 0.2) is 54.6 Å². The monoisotopic (exact) mass is 497 g/mol. The Morgan fingerprint density at radius 1 is 1.00 bits per heavy atom. The lowest BCUT2D eigenvalue weighted by atomic mass is 10.1. The van der Waals surface area contributed by atoms with Gasteiger partial charge in [-0.3, -0.25) is 4.90 Å². The first-order chi connectivity index (χ1) is 17.6. The predicted molar refractivity (Wildman–Crippen MR) is 141 cm³/mol. The van der Waals surface area contributed by atoms with Crippen molar-refractivity contribution < 1.29 is 24.1 Å². The van der Waals surface area contributed by atoms with Gasteiger partial charge in [-0.1, -0.05) is 55.8 Å². The maximum atomic E-state index is 10.7. The third-order valence-electron chi connectivity index (χ3n) is 5.83. The molecule has 2 aromatic carbocycles. The zero-order valence-electron chi connectivity index (χ0n) is 21.9. The maximum Gasteiger partial charge on any atom is 0.222 e. The Morgan fingerprint density at radius 3 is 2.42 bits per heavy atom. The standard InChI is InChI=1S/C28H39N3O5/c1-5-6-17-35-21-23(32)19-31(16-18-33-3)20-24-27(22-12-8-7-9-13-22)29-30(2)28(24)36-26-15-11-10-14-25(26)34-4/h7-15,23,32H,5-6,16-21H2,1-4H3/t23-/m0/s1. The van der Waals surface area contributed by atoms with Crippen LogP contribution in [0.3, 0.4) is 0 Å². The van der Waals surface area contributed by atoms with Gasteiger partial charge in [0, 0.05) is 46.0 Å². The number of hydrogen-bond acceptors (Lipinski definition) is 7. The molecule has 1 heterocycles. The minimum absolute atomic E-state index is 0.298. The van der Waals surface area contributed by atoms with Crippen molar-refractivity contribution in [2.24, 2.45) is 7.05 Å². The van der Waals surface area contributed by atoms with Crippen LogP contribution in [-0.2, 0) is 23.1 Å². The van der Waals surface area contributed by atoms with Gasteiger partial charge in [-0.15, -0.1) is 0 Å². The van der Waals surface area contributed by atoms with E-state index in [1.54, 1.807) is 18.9 Å². The molecule has 1 N–H and O–H groups in total. The first-order valence-electron chi connectivity index (χ1n) is 12.5. The molecule has 0 unspecified atom stereocenters. The Hall–Kier alpha value is -2.91. The second-order valence-corrected chi connectivity index (χ2v) is 8.69. The molecule has 3 rings (SSSR count). The number of hydrogen-bond donors (Lipinski definition) is 1. The normalized spacial score (nSPS) is 12.2. The van der Waals surface area contributed by atoms with Gasteiger partial charge in [0.2, 0.25) is 5.88 Å². The average Bonchev–Trinajstić information content (AvgIpc) is 3.20. The van der Waals surface area contributed by atoms with Crippen LogP contribution < -0.4 is 9.47 Å². The van der Waals surface area contributed by atoms with Crippen LogP contribution in [0.4, 0.5) is 0 Å². The fraction of sp³-hybridized carbons (Fsp3) is 0.464. The van der Waals surface area contributed by atoms with E-state index in [4.69, 9.17) is 24.0 Å². The predicted octanol–water partition coefficient (Wildman–Crippen LogP) is 4.51. The van der Waals surface area contributed by atoms with Gasteiger partial charge in [0.05, 0.1) is 32.0 Å². The summed E-state index contributed by atoms with van der Waals surface area (Å²) in [4.78, 5) is 2.15. The second-order valence-electron chi connectivity index (χ2n) is 8.69. The van der Waals surface area contributed by atoms with Gasteiger partial charge < -0.3 is 24.1 Å². The fourth-order valence-corrected chi connectivity index (χ4v) is 3.95. The molecule has 0 aliphatic carbocycles. The minimum Gasteiger partial charge on any atom is -0.493 e. The van der Waals surface area contributed by atoms with E-state index in [2.05, 4.69) is 11.8 Å². The summed E-state index contributed by atoms with van der Waals surface area (Å²) in [7, 11) is 5.17. The number of para-hydroxylation sites is 2. The van der Waals surface area contributed by atoms with E-state index in [0.717, 1.165) is 29.7 Å². The van der Waals surface area contributed by atoms with Gasteiger partial charge >= 0.3 is 0 Å². The molecule has 8 heteroatoms. The summed E-state index contributed by atoms with van der Waals surface area (Å²) in [6.07, 6.45) is 1.43. The summed E-state index contributed by atoms with van der Waals surface area (Å²) >= 11 is 0. The van der Waals surface area contributed by atoms with Crippen LogP contribution in [-0.4, -0.2) is 73.0 Å². The third-order valence-corrected chi connectivity index (χ3v) is 5.83. The van der Waals surface area contributed by atoms with E-state index in [1.165, 1.54) is 0 Å². The topological polar surface area (TPSA) is 78.2 Å². The van der Waals surface area contributed by atoms with Crippen LogP contribution in [0.1, 0.15) is 25.3 Å². The second kappa shape index (κ2) is 14.6. The molecule has 36 heavy (non-hydrogen) atoms. The quantitative estimate of drug-likeness (QED) is 0.292. The number of nitrogens with zero attached hydrogens (tertiary/aromatic N) is 3. The van der Waals surface area contributed by atoms with Crippen LogP contribution >= 0.6 is 0 Å². The largest absolute Gasteiger partial charge is 0.493 e.